The lowest BCUT2D eigenvalue weighted by molar-refractivity contribution is -0.103. The Bertz CT molecular complexity index is 586. The van der Waals surface area contributed by atoms with Gasteiger partial charge in [-0.3, -0.25) is 4.79 Å². The molecule has 0 saturated carbocycles. The molecule has 3 nitrogen and oxygen atoms in total. The van der Waals surface area contributed by atoms with Crippen LogP contribution in [-0.2, 0) is 4.79 Å². The van der Waals surface area contributed by atoms with Gasteiger partial charge in [0.25, 0.3) is 0 Å². The lowest BCUT2D eigenvalue weighted by Crippen LogP contribution is -1.86. The van der Waals surface area contributed by atoms with Crippen LogP contribution < -0.4 is 0 Å². The largest absolute Gasteiger partial charge is 0.504 e. The van der Waals surface area contributed by atoms with Crippen LogP contribution in [0.4, 0.5) is 0 Å². The number of phenolic OH excluding ortho intramolecular Hbond substituents is 2. The first-order valence-corrected chi connectivity index (χ1v) is 5.45. The van der Waals surface area contributed by atoms with Crippen LogP contribution in [0.5, 0.6) is 11.5 Å². The third kappa shape index (κ3) is 2.58. The van der Waals surface area contributed by atoms with Crippen molar-refractivity contribution in [2.45, 2.75) is 0 Å². The molecule has 0 radical (unpaired) electrons. The van der Waals surface area contributed by atoms with Gasteiger partial charge in [-0.15, -0.1) is 0 Å². The van der Waals surface area contributed by atoms with E-state index in [2.05, 4.69) is 0 Å². The highest BCUT2D eigenvalue weighted by molar-refractivity contribution is 6.13. The minimum Gasteiger partial charge on any atom is -0.504 e. The van der Waals surface area contributed by atoms with Crippen LogP contribution in [0.2, 0.25) is 0 Å². The molecule has 0 aromatic heterocycles. The molecule has 90 valence electrons. The van der Waals surface area contributed by atoms with Crippen molar-refractivity contribution in [3.05, 3.63) is 59.7 Å². The quantitative estimate of drug-likeness (QED) is 0.375. The predicted octanol–water partition coefficient (Wildman–Crippen LogP) is 2.84. The molecule has 2 aromatic carbocycles. The average Bonchev–Trinajstić information content (AvgIpc) is 2.40. The molecule has 0 spiro atoms. The second kappa shape index (κ2) is 5.19. The maximum atomic E-state index is 11.1. The van der Waals surface area contributed by atoms with Gasteiger partial charge in [-0.05, 0) is 29.3 Å². The minimum absolute atomic E-state index is 0.205. The normalized spacial score (nSPS) is 11.2. The molecule has 0 aliphatic heterocycles. The van der Waals surface area contributed by atoms with E-state index in [4.69, 9.17) is 0 Å². The standard InChI is InChI=1S/C15H12O3/c16-10-13(8-11-4-2-1-3-5-11)12-6-7-14(17)15(18)9-12/h1-10,17-18H. The fourth-order valence-electron chi connectivity index (χ4n) is 1.62. The van der Waals surface area contributed by atoms with Gasteiger partial charge < -0.3 is 10.2 Å². The van der Waals surface area contributed by atoms with Crippen LogP contribution in [0.15, 0.2) is 48.5 Å². The van der Waals surface area contributed by atoms with Crippen LogP contribution in [0.1, 0.15) is 11.1 Å². The molecule has 0 atom stereocenters. The van der Waals surface area contributed by atoms with Crippen molar-refractivity contribution < 1.29 is 15.0 Å². The second-order valence-electron chi connectivity index (χ2n) is 3.83. The summed E-state index contributed by atoms with van der Waals surface area (Å²) in [6.07, 6.45) is 2.44. The zero-order valence-corrected chi connectivity index (χ0v) is 9.58. The molecule has 0 amide bonds. The van der Waals surface area contributed by atoms with Crippen molar-refractivity contribution in [3.63, 3.8) is 0 Å². The molecule has 0 unspecified atom stereocenters. The van der Waals surface area contributed by atoms with Gasteiger partial charge in [-0.1, -0.05) is 36.4 Å². The number of rotatable bonds is 3. The van der Waals surface area contributed by atoms with Crippen molar-refractivity contribution in [2.24, 2.45) is 0 Å². The summed E-state index contributed by atoms with van der Waals surface area (Å²) < 4.78 is 0. The molecule has 0 fully saturated rings. The molecule has 0 heterocycles. The van der Waals surface area contributed by atoms with Gasteiger partial charge in [-0.25, -0.2) is 0 Å². The lowest BCUT2D eigenvalue weighted by Gasteiger charge is -2.03. The first kappa shape index (κ1) is 11.9. The molecular weight excluding hydrogens is 228 g/mol. The Labute approximate surface area is 105 Å². The Morgan fingerprint density at radius 2 is 1.67 bits per heavy atom. The zero-order valence-electron chi connectivity index (χ0n) is 9.58. The summed E-state index contributed by atoms with van der Waals surface area (Å²) >= 11 is 0. The highest BCUT2D eigenvalue weighted by Gasteiger charge is 2.05. The number of aldehydes is 1. The van der Waals surface area contributed by atoms with Gasteiger partial charge in [0.15, 0.2) is 17.8 Å². The third-order valence-corrected chi connectivity index (χ3v) is 2.56. The van der Waals surface area contributed by atoms with Gasteiger partial charge in [0.1, 0.15) is 0 Å². The Kier molecular flexibility index (Phi) is 3.44. The van der Waals surface area contributed by atoms with Crippen molar-refractivity contribution in [2.75, 3.05) is 0 Å². The van der Waals surface area contributed by atoms with Gasteiger partial charge >= 0.3 is 0 Å². The van der Waals surface area contributed by atoms with E-state index in [1.165, 1.54) is 12.1 Å². The third-order valence-electron chi connectivity index (χ3n) is 2.56. The number of phenols is 2. The maximum absolute atomic E-state index is 11.1. The van der Waals surface area contributed by atoms with Gasteiger partial charge in [0, 0.05) is 5.57 Å². The molecule has 2 N–H and O–H groups in total. The fraction of sp³-hybridized carbons (Fsp3) is 0. The SMILES string of the molecule is O=CC(=Cc1ccccc1)c1ccc(O)c(O)c1. The molecule has 0 aliphatic rings. The first-order valence-electron chi connectivity index (χ1n) is 5.45. The van der Waals surface area contributed by atoms with Crippen molar-refractivity contribution in [1.82, 2.24) is 0 Å². The molecule has 3 heteroatoms. The highest BCUT2D eigenvalue weighted by Crippen LogP contribution is 2.28. The van der Waals surface area contributed by atoms with Crippen LogP contribution in [0.25, 0.3) is 11.6 Å². The summed E-state index contributed by atoms with van der Waals surface area (Å²) in [5, 5.41) is 18.6. The van der Waals surface area contributed by atoms with E-state index < -0.39 is 0 Å². The lowest BCUT2D eigenvalue weighted by atomic mass is 10.0. The van der Waals surface area contributed by atoms with E-state index in [1.54, 1.807) is 12.1 Å². The van der Waals surface area contributed by atoms with Crippen molar-refractivity contribution in [3.8, 4) is 11.5 Å². The Morgan fingerprint density at radius 1 is 0.944 bits per heavy atom. The second-order valence-corrected chi connectivity index (χ2v) is 3.83. The predicted molar refractivity (Wildman–Crippen MR) is 70.1 cm³/mol. The maximum Gasteiger partial charge on any atom is 0.158 e. The zero-order chi connectivity index (χ0) is 13.0. The Hall–Kier alpha value is -2.55. The summed E-state index contributed by atoms with van der Waals surface area (Å²) in [6.45, 7) is 0. The van der Waals surface area contributed by atoms with Gasteiger partial charge in [0.05, 0.1) is 0 Å². The van der Waals surface area contributed by atoms with Crippen LogP contribution in [0.3, 0.4) is 0 Å². The van der Waals surface area contributed by atoms with Crippen LogP contribution >= 0.6 is 0 Å². The number of carbonyl (C=O) groups excluding carboxylic acids is 1. The molecular formula is C15H12O3. The van der Waals surface area contributed by atoms with Crippen molar-refractivity contribution in [1.29, 1.82) is 0 Å². The van der Waals surface area contributed by atoms with Crippen molar-refractivity contribution >= 4 is 17.9 Å². The summed E-state index contributed by atoms with van der Waals surface area (Å²) in [4.78, 5) is 11.1. The number of hydrogen-bond donors (Lipinski definition) is 2. The summed E-state index contributed by atoms with van der Waals surface area (Å²) in [7, 11) is 0. The smallest absolute Gasteiger partial charge is 0.158 e. The summed E-state index contributed by atoms with van der Waals surface area (Å²) in [5.74, 6) is -0.447. The number of hydrogen-bond acceptors (Lipinski definition) is 3. The molecule has 18 heavy (non-hydrogen) atoms. The van der Waals surface area contributed by atoms with E-state index >= 15 is 0 Å². The van der Waals surface area contributed by atoms with E-state index in [-0.39, 0.29) is 11.5 Å². The van der Waals surface area contributed by atoms with Gasteiger partial charge in [-0.2, -0.15) is 0 Å². The molecule has 2 rings (SSSR count). The molecule has 0 saturated heterocycles. The molecule has 0 bridgehead atoms. The van der Waals surface area contributed by atoms with E-state index in [1.807, 2.05) is 30.3 Å². The number of benzene rings is 2. The first-order chi connectivity index (χ1) is 8.70. The van der Waals surface area contributed by atoms with Crippen LogP contribution in [-0.4, -0.2) is 16.5 Å². The van der Waals surface area contributed by atoms with Crippen LogP contribution in [0, 0.1) is 0 Å². The van der Waals surface area contributed by atoms with E-state index in [0.29, 0.717) is 11.1 Å². The fourth-order valence-corrected chi connectivity index (χ4v) is 1.62. The molecule has 2 aromatic rings. The Balaban J connectivity index is 2.42. The number of carbonyl (C=O) groups is 1. The molecule has 0 aliphatic carbocycles. The monoisotopic (exact) mass is 240 g/mol. The number of aromatic hydroxyl groups is 2. The van der Waals surface area contributed by atoms with E-state index in [9.17, 15) is 15.0 Å². The minimum atomic E-state index is -0.242. The highest BCUT2D eigenvalue weighted by atomic mass is 16.3. The Morgan fingerprint density at radius 3 is 2.28 bits per heavy atom. The average molecular weight is 240 g/mol. The van der Waals surface area contributed by atoms with E-state index in [0.717, 1.165) is 11.8 Å². The van der Waals surface area contributed by atoms with Gasteiger partial charge in [0.2, 0.25) is 0 Å². The topological polar surface area (TPSA) is 57.5 Å². The summed E-state index contributed by atoms with van der Waals surface area (Å²) in [6, 6.07) is 13.7. The number of allylic oxidation sites excluding steroid dienone is 1. The summed E-state index contributed by atoms with van der Waals surface area (Å²) in [5.41, 5.74) is 1.90.